The van der Waals surface area contributed by atoms with Gasteiger partial charge in [-0.3, -0.25) is 4.79 Å². The second kappa shape index (κ2) is 5.40. The van der Waals surface area contributed by atoms with Crippen molar-refractivity contribution in [3.05, 3.63) is 35.4 Å². The zero-order valence-electron chi connectivity index (χ0n) is 12.1. The lowest BCUT2D eigenvalue weighted by Crippen LogP contribution is -2.37. The van der Waals surface area contributed by atoms with Crippen LogP contribution in [-0.2, 0) is 12.0 Å². The van der Waals surface area contributed by atoms with E-state index in [9.17, 15) is 4.79 Å². The zero-order valence-corrected chi connectivity index (χ0v) is 12.9. The lowest BCUT2D eigenvalue weighted by molar-refractivity contribution is 0.0919. The lowest BCUT2D eigenvalue weighted by Gasteiger charge is -2.20. The predicted octanol–water partition coefficient (Wildman–Crippen LogP) is 1.71. The van der Waals surface area contributed by atoms with E-state index in [1.165, 1.54) is 6.39 Å². The maximum Gasteiger partial charge on any atom is 0.274 e. The summed E-state index contributed by atoms with van der Waals surface area (Å²) in [5, 5.41) is 10.3. The van der Waals surface area contributed by atoms with Crippen molar-refractivity contribution >= 4 is 18.3 Å². The number of nitrogens with zero attached hydrogens (tertiary/aromatic N) is 2. The van der Waals surface area contributed by atoms with Gasteiger partial charge in [0.25, 0.3) is 5.91 Å². The number of carbonyl (C=O) groups excluding carboxylic acids is 1. The number of amides is 1. The number of nitrogens with one attached hydrogen (secondary N) is 2. The van der Waals surface area contributed by atoms with Gasteiger partial charge in [-0.25, -0.2) is 4.98 Å². The molecule has 1 aliphatic heterocycles. The molecular formula is C14H17ClN4O3. The molecule has 1 atom stereocenters. The van der Waals surface area contributed by atoms with Crippen molar-refractivity contribution in [2.45, 2.75) is 37.8 Å². The van der Waals surface area contributed by atoms with Gasteiger partial charge in [-0.05, 0) is 19.8 Å². The Bertz CT molecular complexity index is 678. The highest BCUT2D eigenvalue weighted by atomic mass is 35.5. The molecule has 0 spiro atoms. The molecule has 7 nitrogen and oxygen atoms in total. The molecule has 1 amide bonds. The van der Waals surface area contributed by atoms with Gasteiger partial charge in [0.2, 0.25) is 0 Å². The Morgan fingerprint density at radius 2 is 2.32 bits per heavy atom. The molecule has 8 heteroatoms. The highest BCUT2D eigenvalue weighted by molar-refractivity contribution is 5.94. The number of hydrogen-bond donors (Lipinski definition) is 2. The Labute approximate surface area is 133 Å². The molecule has 22 heavy (non-hydrogen) atoms. The van der Waals surface area contributed by atoms with E-state index in [1.807, 2.05) is 6.92 Å². The second-order valence-corrected chi connectivity index (χ2v) is 5.70. The molecule has 0 bridgehead atoms. The Hall–Kier alpha value is -1.86. The van der Waals surface area contributed by atoms with Crippen LogP contribution < -0.4 is 10.6 Å². The number of aromatic nitrogens is 2. The van der Waals surface area contributed by atoms with E-state index in [-0.39, 0.29) is 24.4 Å². The van der Waals surface area contributed by atoms with Crippen molar-refractivity contribution in [2.24, 2.45) is 0 Å². The largest absolute Gasteiger partial charge is 0.451 e. The summed E-state index contributed by atoms with van der Waals surface area (Å²) in [5.41, 5.74) is 1.61. The highest BCUT2D eigenvalue weighted by Crippen LogP contribution is 2.45. The smallest absolute Gasteiger partial charge is 0.274 e. The third kappa shape index (κ3) is 2.30. The Morgan fingerprint density at radius 3 is 3.00 bits per heavy atom. The maximum atomic E-state index is 12.6. The predicted molar refractivity (Wildman–Crippen MR) is 78.8 cm³/mol. The number of rotatable bonds is 3. The first-order valence-corrected chi connectivity index (χ1v) is 7.13. The van der Waals surface area contributed by atoms with Crippen LogP contribution in [0.15, 0.2) is 21.6 Å². The molecule has 2 aromatic heterocycles. The van der Waals surface area contributed by atoms with Crippen LogP contribution in [0.1, 0.15) is 53.3 Å². The van der Waals surface area contributed by atoms with Crippen molar-refractivity contribution in [1.82, 2.24) is 20.8 Å². The molecule has 1 fully saturated rings. The molecule has 0 aromatic carbocycles. The summed E-state index contributed by atoms with van der Waals surface area (Å²) in [4.78, 5) is 16.7. The molecule has 2 aliphatic rings. The Kier molecular flexibility index (Phi) is 3.70. The molecular weight excluding hydrogens is 308 g/mol. The third-order valence-electron chi connectivity index (χ3n) is 4.28. The molecule has 118 valence electrons. The van der Waals surface area contributed by atoms with Crippen LogP contribution in [0.4, 0.5) is 0 Å². The van der Waals surface area contributed by atoms with E-state index in [4.69, 9.17) is 8.94 Å². The second-order valence-electron chi connectivity index (χ2n) is 5.70. The fourth-order valence-corrected chi connectivity index (χ4v) is 2.92. The van der Waals surface area contributed by atoms with Gasteiger partial charge in [-0.2, -0.15) is 0 Å². The van der Waals surface area contributed by atoms with Crippen LogP contribution in [0.3, 0.4) is 0 Å². The summed E-state index contributed by atoms with van der Waals surface area (Å²) in [6.07, 6.45) is 5.44. The van der Waals surface area contributed by atoms with Crippen molar-refractivity contribution in [1.29, 1.82) is 0 Å². The summed E-state index contributed by atoms with van der Waals surface area (Å²) in [6, 6.07) is 0.0722. The van der Waals surface area contributed by atoms with Gasteiger partial charge >= 0.3 is 0 Å². The van der Waals surface area contributed by atoms with Gasteiger partial charge in [0.05, 0.1) is 5.54 Å². The van der Waals surface area contributed by atoms with Crippen LogP contribution in [0, 0.1) is 0 Å². The summed E-state index contributed by atoms with van der Waals surface area (Å²) in [7, 11) is 0. The normalized spacial score (nSPS) is 21.6. The monoisotopic (exact) mass is 324 g/mol. The standard InChI is InChI=1S/C14H16N4O3.ClH/c1-8-11-9(2-5-15-8)21-18-12(11)13(19)17-14(3-4-14)10-6-20-7-16-10;/h6-8,15H,2-5H2,1H3,(H,17,19);1H. The quantitative estimate of drug-likeness (QED) is 0.892. The fraction of sp³-hybridized carbons (Fsp3) is 0.500. The third-order valence-corrected chi connectivity index (χ3v) is 4.28. The molecule has 4 rings (SSSR count). The van der Waals surface area contributed by atoms with Gasteiger partial charge in [0, 0.05) is 24.6 Å². The fourth-order valence-electron chi connectivity index (χ4n) is 2.92. The van der Waals surface area contributed by atoms with Crippen molar-refractivity contribution in [2.75, 3.05) is 6.54 Å². The minimum atomic E-state index is -0.402. The number of fused-ring (bicyclic) bond motifs is 1. The van der Waals surface area contributed by atoms with E-state index in [0.29, 0.717) is 5.69 Å². The van der Waals surface area contributed by atoms with Crippen LogP contribution in [0.5, 0.6) is 0 Å². The number of hydrogen-bond acceptors (Lipinski definition) is 6. The van der Waals surface area contributed by atoms with Crippen molar-refractivity contribution < 1.29 is 13.7 Å². The van der Waals surface area contributed by atoms with Crippen molar-refractivity contribution in [3.63, 3.8) is 0 Å². The number of halogens is 1. The first-order chi connectivity index (χ1) is 10.2. The van der Waals surface area contributed by atoms with Crippen LogP contribution in [0.2, 0.25) is 0 Å². The molecule has 2 N–H and O–H groups in total. The molecule has 2 aromatic rings. The molecule has 3 heterocycles. The van der Waals surface area contributed by atoms with Crippen molar-refractivity contribution in [3.8, 4) is 0 Å². The zero-order chi connectivity index (χ0) is 14.4. The average molecular weight is 325 g/mol. The summed E-state index contributed by atoms with van der Waals surface area (Å²) in [6.45, 7) is 2.85. The average Bonchev–Trinajstić information content (AvgIpc) is 2.95. The lowest BCUT2D eigenvalue weighted by atomic mass is 10.00. The van der Waals surface area contributed by atoms with Gasteiger partial charge in [-0.1, -0.05) is 5.16 Å². The topological polar surface area (TPSA) is 93.2 Å². The van der Waals surface area contributed by atoms with Crippen LogP contribution in [0.25, 0.3) is 0 Å². The number of oxazole rings is 1. The molecule has 1 unspecified atom stereocenters. The first kappa shape index (κ1) is 15.1. The van der Waals surface area contributed by atoms with E-state index in [2.05, 4.69) is 20.8 Å². The van der Waals surface area contributed by atoms with Gasteiger partial charge < -0.3 is 19.6 Å². The summed E-state index contributed by atoms with van der Waals surface area (Å²) in [5.74, 6) is 0.591. The van der Waals surface area contributed by atoms with Gasteiger partial charge in [0.15, 0.2) is 12.1 Å². The molecule has 0 saturated heterocycles. The van der Waals surface area contributed by atoms with E-state index in [0.717, 1.165) is 42.8 Å². The van der Waals surface area contributed by atoms with Gasteiger partial charge in [-0.15, -0.1) is 12.4 Å². The summed E-state index contributed by atoms with van der Waals surface area (Å²) < 4.78 is 10.3. The summed E-state index contributed by atoms with van der Waals surface area (Å²) >= 11 is 0. The first-order valence-electron chi connectivity index (χ1n) is 7.13. The minimum Gasteiger partial charge on any atom is -0.451 e. The van der Waals surface area contributed by atoms with E-state index < -0.39 is 5.54 Å². The Balaban J connectivity index is 0.00000144. The van der Waals surface area contributed by atoms with E-state index in [1.54, 1.807) is 6.26 Å². The van der Waals surface area contributed by atoms with Crippen LogP contribution >= 0.6 is 12.4 Å². The van der Waals surface area contributed by atoms with Crippen LogP contribution in [-0.4, -0.2) is 22.6 Å². The number of carbonyl (C=O) groups is 1. The van der Waals surface area contributed by atoms with Gasteiger partial charge in [0.1, 0.15) is 17.7 Å². The van der Waals surface area contributed by atoms with E-state index >= 15 is 0 Å². The Morgan fingerprint density at radius 1 is 1.50 bits per heavy atom. The maximum absolute atomic E-state index is 12.6. The molecule has 0 radical (unpaired) electrons. The molecule has 1 aliphatic carbocycles. The SMILES string of the molecule is CC1NCCc2onc(C(=O)NC3(c4cocn4)CC3)c21.Cl. The highest BCUT2D eigenvalue weighted by Gasteiger charge is 2.48. The molecule has 1 saturated carbocycles. The minimum absolute atomic E-state index is 0.